The second-order valence-corrected chi connectivity index (χ2v) is 7.58. The van der Waals surface area contributed by atoms with Gasteiger partial charge in [0, 0.05) is 12.5 Å². The monoisotopic (exact) mass is 291 g/mol. The third kappa shape index (κ3) is 4.86. The molecule has 0 saturated heterocycles. The van der Waals surface area contributed by atoms with Gasteiger partial charge in [-0.3, -0.25) is 4.79 Å². The maximum absolute atomic E-state index is 12.6. The zero-order valence-electron chi connectivity index (χ0n) is 14.2. The Labute approximate surface area is 130 Å². The molecule has 2 aliphatic carbocycles. The molecule has 1 unspecified atom stereocenters. The molecule has 2 rings (SSSR count). The van der Waals surface area contributed by atoms with Crippen LogP contribution in [0.4, 0.5) is 0 Å². The first-order valence-electron chi connectivity index (χ1n) is 9.03. The number of carbonyl (C=O) groups excluding carboxylic acids is 1. The molecule has 1 amide bonds. The van der Waals surface area contributed by atoms with Crippen LogP contribution in [0, 0.1) is 23.7 Å². The normalized spacial score (nSPS) is 30.1. The van der Waals surface area contributed by atoms with E-state index in [9.17, 15) is 4.79 Å². The number of carbonyl (C=O) groups is 1. The van der Waals surface area contributed by atoms with Crippen molar-refractivity contribution in [1.29, 1.82) is 0 Å². The molecule has 0 aromatic heterocycles. The molecular formula is C19H33NO. The number of rotatable bonds is 5. The summed E-state index contributed by atoms with van der Waals surface area (Å²) < 4.78 is 0. The highest BCUT2D eigenvalue weighted by Crippen LogP contribution is 2.38. The average Bonchev–Trinajstić information content (AvgIpc) is 2.47. The van der Waals surface area contributed by atoms with E-state index >= 15 is 0 Å². The van der Waals surface area contributed by atoms with Crippen LogP contribution in [-0.4, -0.2) is 12.5 Å². The molecule has 0 aromatic carbocycles. The fourth-order valence-electron chi connectivity index (χ4n) is 4.11. The van der Waals surface area contributed by atoms with Crippen LogP contribution in [0.1, 0.15) is 72.1 Å². The van der Waals surface area contributed by atoms with Crippen LogP contribution in [0.5, 0.6) is 0 Å². The first kappa shape index (κ1) is 16.6. The summed E-state index contributed by atoms with van der Waals surface area (Å²) in [5, 5.41) is 3.23. The average molecular weight is 291 g/mol. The summed E-state index contributed by atoms with van der Waals surface area (Å²) >= 11 is 0. The highest BCUT2D eigenvalue weighted by atomic mass is 16.1. The van der Waals surface area contributed by atoms with Crippen molar-refractivity contribution in [1.82, 2.24) is 5.32 Å². The van der Waals surface area contributed by atoms with Gasteiger partial charge in [-0.1, -0.05) is 38.8 Å². The molecule has 1 N–H and O–H groups in total. The van der Waals surface area contributed by atoms with E-state index < -0.39 is 0 Å². The maximum atomic E-state index is 12.6. The lowest BCUT2D eigenvalue weighted by atomic mass is 9.70. The molecule has 0 aromatic rings. The van der Waals surface area contributed by atoms with Gasteiger partial charge in [0.15, 0.2) is 0 Å². The van der Waals surface area contributed by atoms with Crippen LogP contribution in [-0.2, 0) is 4.79 Å². The zero-order chi connectivity index (χ0) is 15.2. The van der Waals surface area contributed by atoms with Crippen molar-refractivity contribution in [3.05, 3.63) is 11.6 Å². The topological polar surface area (TPSA) is 29.1 Å². The number of hydrogen-bond donors (Lipinski definition) is 1. The van der Waals surface area contributed by atoms with Crippen LogP contribution in [0.25, 0.3) is 0 Å². The van der Waals surface area contributed by atoms with Crippen LogP contribution >= 0.6 is 0 Å². The lowest BCUT2D eigenvalue weighted by Gasteiger charge is -2.36. The van der Waals surface area contributed by atoms with E-state index in [1.807, 2.05) is 0 Å². The van der Waals surface area contributed by atoms with Crippen molar-refractivity contribution in [2.45, 2.75) is 72.1 Å². The summed E-state index contributed by atoms with van der Waals surface area (Å²) in [5.41, 5.74) is 1.55. The molecule has 0 aliphatic heterocycles. The summed E-state index contributed by atoms with van der Waals surface area (Å²) in [7, 11) is 0. The fraction of sp³-hybridized carbons (Fsp3) is 0.842. The SMILES string of the molecule is CC(C)C1CC[C@@H](C)C[C@H]1C(=O)NCCC1=CCCCC1. The molecule has 120 valence electrons. The van der Waals surface area contributed by atoms with E-state index in [0.29, 0.717) is 23.7 Å². The second kappa shape index (κ2) is 8.00. The van der Waals surface area contributed by atoms with E-state index in [1.54, 1.807) is 5.57 Å². The molecule has 0 bridgehead atoms. The predicted octanol–water partition coefficient (Wildman–Crippen LogP) is 4.70. The molecule has 2 aliphatic rings. The molecule has 1 fully saturated rings. The van der Waals surface area contributed by atoms with Crippen molar-refractivity contribution in [2.24, 2.45) is 23.7 Å². The third-order valence-electron chi connectivity index (χ3n) is 5.49. The van der Waals surface area contributed by atoms with Crippen LogP contribution in [0.2, 0.25) is 0 Å². The molecular weight excluding hydrogens is 258 g/mol. The van der Waals surface area contributed by atoms with E-state index in [2.05, 4.69) is 32.2 Å². The Morgan fingerprint density at radius 2 is 2.14 bits per heavy atom. The molecule has 0 spiro atoms. The van der Waals surface area contributed by atoms with Crippen LogP contribution < -0.4 is 5.32 Å². The van der Waals surface area contributed by atoms with E-state index in [0.717, 1.165) is 19.4 Å². The van der Waals surface area contributed by atoms with Gasteiger partial charge in [-0.25, -0.2) is 0 Å². The lowest BCUT2D eigenvalue weighted by Crippen LogP contribution is -2.40. The van der Waals surface area contributed by atoms with Gasteiger partial charge in [-0.15, -0.1) is 0 Å². The molecule has 1 saturated carbocycles. The van der Waals surface area contributed by atoms with Gasteiger partial charge in [0.2, 0.25) is 5.91 Å². The van der Waals surface area contributed by atoms with E-state index in [1.165, 1.54) is 38.5 Å². The Hall–Kier alpha value is -0.790. The Morgan fingerprint density at radius 1 is 1.33 bits per heavy atom. The Bertz CT molecular complexity index is 372. The molecule has 2 nitrogen and oxygen atoms in total. The quantitative estimate of drug-likeness (QED) is 0.731. The van der Waals surface area contributed by atoms with Crippen molar-refractivity contribution in [3.63, 3.8) is 0 Å². The van der Waals surface area contributed by atoms with Gasteiger partial charge in [0.1, 0.15) is 0 Å². The largest absolute Gasteiger partial charge is 0.356 e. The summed E-state index contributed by atoms with van der Waals surface area (Å²) in [6, 6.07) is 0. The first-order chi connectivity index (χ1) is 10.1. The smallest absolute Gasteiger partial charge is 0.223 e. The third-order valence-corrected chi connectivity index (χ3v) is 5.49. The molecule has 2 heteroatoms. The lowest BCUT2D eigenvalue weighted by molar-refractivity contribution is -0.129. The summed E-state index contributed by atoms with van der Waals surface area (Å²) in [6.07, 6.45) is 12.2. The van der Waals surface area contributed by atoms with Gasteiger partial charge < -0.3 is 5.32 Å². The molecule has 21 heavy (non-hydrogen) atoms. The summed E-state index contributed by atoms with van der Waals surface area (Å²) in [6.45, 7) is 7.67. The van der Waals surface area contributed by atoms with Crippen molar-refractivity contribution in [3.8, 4) is 0 Å². The molecule has 3 atom stereocenters. The van der Waals surface area contributed by atoms with Crippen molar-refractivity contribution >= 4 is 5.91 Å². The Kier molecular flexibility index (Phi) is 6.32. The first-order valence-corrected chi connectivity index (χ1v) is 9.03. The summed E-state index contributed by atoms with van der Waals surface area (Å²) in [4.78, 5) is 12.6. The predicted molar refractivity (Wildman–Crippen MR) is 89.0 cm³/mol. The minimum absolute atomic E-state index is 0.245. The van der Waals surface area contributed by atoms with Crippen molar-refractivity contribution in [2.75, 3.05) is 6.54 Å². The zero-order valence-corrected chi connectivity index (χ0v) is 14.2. The Balaban J connectivity index is 1.81. The standard InChI is InChI=1S/C19H33NO/c1-14(2)17-10-9-15(3)13-18(17)19(21)20-12-11-16-7-5-4-6-8-16/h7,14-15,17-18H,4-6,8-13H2,1-3H3,(H,20,21)/t15-,17?,18-/m1/s1. The molecule has 0 heterocycles. The number of nitrogens with one attached hydrogen (secondary N) is 1. The van der Waals surface area contributed by atoms with Gasteiger partial charge in [-0.05, 0) is 62.7 Å². The van der Waals surface area contributed by atoms with Gasteiger partial charge >= 0.3 is 0 Å². The maximum Gasteiger partial charge on any atom is 0.223 e. The highest BCUT2D eigenvalue weighted by molar-refractivity contribution is 5.79. The van der Waals surface area contributed by atoms with E-state index in [4.69, 9.17) is 0 Å². The van der Waals surface area contributed by atoms with Crippen molar-refractivity contribution < 1.29 is 4.79 Å². The second-order valence-electron chi connectivity index (χ2n) is 7.58. The van der Waals surface area contributed by atoms with Gasteiger partial charge in [0.05, 0.1) is 0 Å². The fourth-order valence-corrected chi connectivity index (χ4v) is 4.11. The Morgan fingerprint density at radius 3 is 2.81 bits per heavy atom. The highest BCUT2D eigenvalue weighted by Gasteiger charge is 2.35. The van der Waals surface area contributed by atoms with Crippen LogP contribution in [0.3, 0.4) is 0 Å². The molecule has 0 radical (unpaired) electrons. The number of allylic oxidation sites excluding steroid dienone is 1. The minimum atomic E-state index is 0.245. The van der Waals surface area contributed by atoms with Gasteiger partial charge in [0.25, 0.3) is 0 Å². The van der Waals surface area contributed by atoms with Crippen LogP contribution in [0.15, 0.2) is 11.6 Å². The van der Waals surface area contributed by atoms with Gasteiger partial charge in [-0.2, -0.15) is 0 Å². The minimum Gasteiger partial charge on any atom is -0.356 e. The number of amides is 1. The summed E-state index contributed by atoms with van der Waals surface area (Å²) in [5.74, 6) is 2.46. The number of hydrogen-bond acceptors (Lipinski definition) is 1. The van der Waals surface area contributed by atoms with E-state index in [-0.39, 0.29) is 5.92 Å².